The Labute approximate surface area is 109 Å². The average molecular weight is 261 g/mol. The normalized spacial score (nSPS) is 10.2. The number of carboxylic acids is 1. The Bertz CT molecular complexity index is 569. The standard InChI is InChI=1S/C13H12FN3O2/c1-17(8-9-2-4-10(14)5-3-9)12-7-15-11(6-16-12)13(18)19/h2-7H,8H2,1H3,(H,18,19). The molecular weight excluding hydrogens is 249 g/mol. The lowest BCUT2D eigenvalue weighted by Gasteiger charge is -2.17. The smallest absolute Gasteiger partial charge is 0.356 e. The zero-order valence-corrected chi connectivity index (χ0v) is 10.2. The lowest BCUT2D eigenvalue weighted by atomic mass is 10.2. The number of nitrogens with zero attached hydrogens (tertiary/aromatic N) is 3. The first-order chi connectivity index (χ1) is 9.06. The molecular formula is C13H12FN3O2. The van der Waals surface area contributed by atoms with Gasteiger partial charge in [0.1, 0.15) is 11.6 Å². The molecule has 0 aliphatic heterocycles. The molecule has 5 nitrogen and oxygen atoms in total. The molecule has 0 spiro atoms. The van der Waals surface area contributed by atoms with Crippen LogP contribution in [0, 0.1) is 5.82 Å². The SMILES string of the molecule is CN(Cc1ccc(F)cc1)c1cnc(C(=O)O)cn1. The molecule has 0 aliphatic carbocycles. The summed E-state index contributed by atoms with van der Waals surface area (Å²) in [7, 11) is 1.80. The number of hydrogen-bond acceptors (Lipinski definition) is 4. The Kier molecular flexibility index (Phi) is 3.70. The number of carboxylic acid groups (broad SMARTS) is 1. The number of aromatic carboxylic acids is 1. The first-order valence-electron chi connectivity index (χ1n) is 5.57. The predicted molar refractivity (Wildman–Crippen MR) is 67.5 cm³/mol. The maximum absolute atomic E-state index is 12.8. The van der Waals surface area contributed by atoms with E-state index in [1.165, 1.54) is 24.5 Å². The van der Waals surface area contributed by atoms with Gasteiger partial charge in [0.15, 0.2) is 5.69 Å². The minimum Gasteiger partial charge on any atom is -0.476 e. The topological polar surface area (TPSA) is 66.3 Å². The number of rotatable bonds is 4. The van der Waals surface area contributed by atoms with Gasteiger partial charge in [0.2, 0.25) is 0 Å². The molecule has 0 fully saturated rings. The van der Waals surface area contributed by atoms with Crippen LogP contribution in [0.3, 0.4) is 0 Å². The van der Waals surface area contributed by atoms with Crippen LogP contribution in [-0.4, -0.2) is 28.1 Å². The van der Waals surface area contributed by atoms with Crippen LogP contribution in [0.2, 0.25) is 0 Å². The molecule has 0 amide bonds. The van der Waals surface area contributed by atoms with Gasteiger partial charge in [-0.05, 0) is 17.7 Å². The molecule has 19 heavy (non-hydrogen) atoms. The van der Waals surface area contributed by atoms with Crippen molar-refractivity contribution < 1.29 is 14.3 Å². The quantitative estimate of drug-likeness (QED) is 0.911. The summed E-state index contributed by atoms with van der Waals surface area (Å²) in [5.41, 5.74) is 0.826. The van der Waals surface area contributed by atoms with Crippen molar-refractivity contribution in [3.05, 3.63) is 53.7 Å². The molecule has 1 N–H and O–H groups in total. The van der Waals surface area contributed by atoms with E-state index in [9.17, 15) is 9.18 Å². The summed E-state index contributed by atoms with van der Waals surface area (Å²) in [5.74, 6) is -0.841. The summed E-state index contributed by atoms with van der Waals surface area (Å²) in [6.45, 7) is 0.529. The van der Waals surface area contributed by atoms with Crippen LogP contribution in [0.4, 0.5) is 10.2 Å². The van der Waals surface area contributed by atoms with Crippen LogP contribution >= 0.6 is 0 Å². The second-order valence-electron chi connectivity index (χ2n) is 4.05. The molecule has 2 rings (SSSR count). The van der Waals surface area contributed by atoms with E-state index in [2.05, 4.69) is 9.97 Å². The maximum Gasteiger partial charge on any atom is 0.356 e. The number of aromatic nitrogens is 2. The molecule has 0 bridgehead atoms. The van der Waals surface area contributed by atoms with Gasteiger partial charge >= 0.3 is 5.97 Å². The zero-order chi connectivity index (χ0) is 13.8. The van der Waals surface area contributed by atoms with Crippen LogP contribution in [0.5, 0.6) is 0 Å². The van der Waals surface area contributed by atoms with Gasteiger partial charge in [0.25, 0.3) is 0 Å². The summed E-state index contributed by atoms with van der Waals surface area (Å²) in [4.78, 5) is 20.3. The van der Waals surface area contributed by atoms with Crippen molar-refractivity contribution in [1.82, 2.24) is 9.97 Å². The third-order valence-corrected chi connectivity index (χ3v) is 2.58. The van der Waals surface area contributed by atoms with Gasteiger partial charge in [-0.1, -0.05) is 12.1 Å². The molecule has 0 saturated carbocycles. The maximum atomic E-state index is 12.8. The minimum absolute atomic E-state index is 0.0982. The van der Waals surface area contributed by atoms with Crippen molar-refractivity contribution in [2.24, 2.45) is 0 Å². The van der Waals surface area contributed by atoms with Gasteiger partial charge < -0.3 is 10.0 Å². The van der Waals surface area contributed by atoms with Crippen molar-refractivity contribution in [2.45, 2.75) is 6.54 Å². The first-order valence-corrected chi connectivity index (χ1v) is 5.57. The van der Waals surface area contributed by atoms with Gasteiger partial charge in [0.05, 0.1) is 12.4 Å². The molecule has 1 heterocycles. The number of hydrogen-bond donors (Lipinski definition) is 1. The molecule has 0 saturated heterocycles. The minimum atomic E-state index is -1.11. The fourth-order valence-corrected chi connectivity index (χ4v) is 1.57. The highest BCUT2D eigenvalue weighted by Gasteiger charge is 2.08. The molecule has 98 valence electrons. The third-order valence-electron chi connectivity index (χ3n) is 2.58. The molecule has 2 aromatic rings. The fourth-order valence-electron chi connectivity index (χ4n) is 1.57. The van der Waals surface area contributed by atoms with E-state index in [4.69, 9.17) is 5.11 Å². The van der Waals surface area contributed by atoms with E-state index < -0.39 is 5.97 Å². The molecule has 0 radical (unpaired) electrons. The van der Waals surface area contributed by atoms with E-state index in [1.54, 1.807) is 24.1 Å². The van der Waals surface area contributed by atoms with Gasteiger partial charge in [-0.15, -0.1) is 0 Å². The average Bonchev–Trinajstić information content (AvgIpc) is 2.41. The summed E-state index contributed by atoms with van der Waals surface area (Å²) < 4.78 is 12.8. The Morgan fingerprint density at radius 1 is 1.26 bits per heavy atom. The van der Waals surface area contributed by atoms with Gasteiger partial charge in [0, 0.05) is 13.6 Å². The number of halogens is 1. The van der Waals surface area contributed by atoms with Crippen LogP contribution in [-0.2, 0) is 6.54 Å². The Morgan fingerprint density at radius 2 is 1.95 bits per heavy atom. The number of benzene rings is 1. The number of anilines is 1. The summed E-state index contributed by atoms with van der Waals surface area (Å²) in [5, 5.41) is 8.72. The second kappa shape index (κ2) is 5.43. The Balaban J connectivity index is 2.09. The van der Waals surface area contributed by atoms with Crippen molar-refractivity contribution in [3.8, 4) is 0 Å². The molecule has 1 aromatic heterocycles. The van der Waals surface area contributed by atoms with Crippen LogP contribution in [0.1, 0.15) is 16.1 Å². The summed E-state index contributed by atoms with van der Waals surface area (Å²) in [6, 6.07) is 6.15. The second-order valence-corrected chi connectivity index (χ2v) is 4.05. The van der Waals surface area contributed by atoms with Crippen LogP contribution < -0.4 is 4.90 Å². The highest BCUT2D eigenvalue weighted by Crippen LogP contribution is 2.12. The molecule has 0 aliphatic rings. The summed E-state index contributed by atoms with van der Waals surface area (Å²) >= 11 is 0. The van der Waals surface area contributed by atoms with E-state index in [0.29, 0.717) is 12.4 Å². The Hall–Kier alpha value is -2.50. The van der Waals surface area contributed by atoms with E-state index in [0.717, 1.165) is 5.56 Å². The van der Waals surface area contributed by atoms with Crippen molar-refractivity contribution in [3.63, 3.8) is 0 Å². The molecule has 6 heteroatoms. The molecule has 0 unspecified atom stereocenters. The molecule has 0 atom stereocenters. The van der Waals surface area contributed by atoms with Crippen LogP contribution in [0.25, 0.3) is 0 Å². The van der Waals surface area contributed by atoms with E-state index >= 15 is 0 Å². The molecule has 1 aromatic carbocycles. The highest BCUT2D eigenvalue weighted by molar-refractivity contribution is 5.84. The monoisotopic (exact) mass is 261 g/mol. The van der Waals surface area contributed by atoms with Crippen LogP contribution in [0.15, 0.2) is 36.7 Å². The third kappa shape index (κ3) is 3.25. The van der Waals surface area contributed by atoms with Gasteiger partial charge in [-0.2, -0.15) is 0 Å². The van der Waals surface area contributed by atoms with E-state index in [-0.39, 0.29) is 11.5 Å². The lowest BCUT2D eigenvalue weighted by molar-refractivity contribution is 0.0690. The largest absolute Gasteiger partial charge is 0.476 e. The van der Waals surface area contributed by atoms with Gasteiger partial charge in [-0.25, -0.2) is 19.2 Å². The van der Waals surface area contributed by atoms with Crippen molar-refractivity contribution >= 4 is 11.8 Å². The zero-order valence-electron chi connectivity index (χ0n) is 10.2. The van der Waals surface area contributed by atoms with E-state index in [1.807, 2.05) is 0 Å². The fraction of sp³-hybridized carbons (Fsp3) is 0.154. The highest BCUT2D eigenvalue weighted by atomic mass is 19.1. The van der Waals surface area contributed by atoms with Gasteiger partial charge in [-0.3, -0.25) is 0 Å². The Morgan fingerprint density at radius 3 is 2.47 bits per heavy atom. The number of carbonyl (C=O) groups is 1. The van der Waals surface area contributed by atoms with Crippen molar-refractivity contribution in [2.75, 3.05) is 11.9 Å². The lowest BCUT2D eigenvalue weighted by Crippen LogP contribution is -2.18. The predicted octanol–water partition coefficient (Wildman–Crippen LogP) is 1.95. The van der Waals surface area contributed by atoms with Crippen molar-refractivity contribution in [1.29, 1.82) is 0 Å². The first kappa shape index (κ1) is 12.9. The summed E-state index contributed by atoms with van der Waals surface area (Å²) in [6.07, 6.45) is 2.60.